The number of hydrogen-bond donors (Lipinski definition) is 2. The molecule has 0 aromatic heterocycles. The van der Waals surface area contributed by atoms with Crippen molar-refractivity contribution in [2.45, 2.75) is 44.3 Å². The number of carbonyl (C=O) groups is 1. The first-order valence-electron chi connectivity index (χ1n) is 9.46. The SMILES string of the molecule is O=C(C1CC(C2CC2)NN1)N1CCCN(Cc2ccc(F)cc2)CC1. The van der Waals surface area contributed by atoms with E-state index in [1.54, 1.807) is 0 Å². The number of nitrogens with one attached hydrogen (secondary N) is 2. The second-order valence-electron chi connectivity index (χ2n) is 7.60. The molecule has 1 aromatic rings. The zero-order valence-electron chi connectivity index (χ0n) is 14.6. The van der Waals surface area contributed by atoms with Crippen LogP contribution in [0.4, 0.5) is 4.39 Å². The van der Waals surface area contributed by atoms with Gasteiger partial charge in [-0.25, -0.2) is 9.82 Å². The van der Waals surface area contributed by atoms with E-state index in [-0.39, 0.29) is 17.8 Å². The van der Waals surface area contributed by atoms with Crippen LogP contribution in [0.2, 0.25) is 0 Å². The molecule has 136 valence electrons. The summed E-state index contributed by atoms with van der Waals surface area (Å²) < 4.78 is 13.0. The molecule has 25 heavy (non-hydrogen) atoms. The molecule has 1 saturated carbocycles. The van der Waals surface area contributed by atoms with Gasteiger partial charge in [-0.05, 0) is 49.3 Å². The molecule has 1 amide bonds. The van der Waals surface area contributed by atoms with Crippen molar-refractivity contribution in [3.8, 4) is 0 Å². The molecule has 2 saturated heterocycles. The van der Waals surface area contributed by atoms with Crippen LogP contribution in [-0.2, 0) is 11.3 Å². The van der Waals surface area contributed by atoms with Crippen LogP contribution in [0.25, 0.3) is 0 Å². The molecule has 2 unspecified atom stereocenters. The fraction of sp³-hybridized carbons (Fsp3) is 0.632. The molecule has 0 bridgehead atoms. The average molecular weight is 346 g/mol. The van der Waals surface area contributed by atoms with Crippen LogP contribution >= 0.6 is 0 Å². The Bertz CT molecular complexity index is 604. The Labute approximate surface area is 148 Å². The molecule has 6 heteroatoms. The van der Waals surface area contributed by atoms with Crippen molar-refractivity contribution >= 4 is 5.91 Å². The third kappa shape index (κ3) is 4.19. The molecule has 0 spiro atoms. The second kappa shape index (κ2) is 7.40. The summed E-state index contributed by atoms with van der Waals surface area (Å²) in [6.07, 6.45) is 4.49. The number of hydrazine groups is 1. The Morgan fingerprint density at radius 1 is 1.08 bits per heavy atom. The van der Waals surface area contributed by atoms with E-state index in [4.69, 9.17) is 0 Å². The first kappa shape index (κ1) is 16.9. The zero-order valence-corrected chi connectivity index (χ0v) is 14.6. The van der Waals surface area contributed by atoms with Gasteiger partial charge < -0.3 is 4.90 Å². The molecule has 2 N–H and O–H groups in total. The molecule has 2 atom stereocenters. The van der Waals surface area contributed by atoms with Crippen molar-refractivity contribution < 1.29 is 9.18 Å². The fourth-order valence-electron chi connectivity index (χ4n) is 3.97. The highest BCUT2D eigenvalue weighted by Crippen LogP contribution is 2.35. The summed E-state index contributed by atoms with van der Waals surface area (Å²) in [6, 6.07) is 7.10. The van der Waals surface area contributed by atoms with Gasteiger partial charge >= 0.3 is 0 Å². The third-order valence-electron chi connectivity index (χ3n) is 5.64. The number of carbonyl (C=O) groups excluding carboxylic acids is 1. The molecular formula is C19H27FN4O. The summed E-state index contributed by atoms with van der Waals surface area (Å²) in [5, 5.41) is 0. The third-order valence-corrected chi connectivity index (χ3v) is 5.64. The second-order valence-corrected chi connectivity index (χ2v) is 7.60. The van der Waals surface area contributed by atoms with Crippen LogP contribution < -0.4 is 10.9 Å². The molecule has 0 radical (unpaired) electrons. The zero-order chi connectivity index (χ0) is 17.2. The van der Waals surface area contributed by atoms with Crippen LogP contribution in [-0.4, -0.2) is 54.0 Å². The Morgan fingerprint density at radius 3 is 2.64 bits per heavy atom. The predicted molar refractivity (Wildman–Crippen MR) is 94.1 cm³/mol. The number of benzene rings is 1. The molecule has 1 aromatic carbocycles. The van der Waals surface area contributed by atoms with Gasteiger partial charge in [0.2, 0.25) is 5.91 Å². The summed E-state index contributed by atoms with van der Waals surface area (Å²) in [7, 11) is 0. The van der Waals surface area contributed by atoms with E-state index >= 15 is 0 Å². The smallest absolute Gasteiger partial charge is 0.241 e. The highest BCUT2D eigenvalue weighted by atomic mass is 19.1. The van der Waals surface area contributed by atoms with Gasteiger partial charge in [0.15, 0.2) is 0 Å². The molecular weight excluding hydrogens is 319 g/mol. The minimum absolute atomic E-state index is 0.0748. The standard InChI is InChI=1S/C19H27FN4O/c20-16-6-2-14(3-7-16)13-23-8-1-9-24(11-10-23)19(25)18-12-17(21-22-18)15-4-5-15/h2-3,6-7,15,17-18,21-22H,1,4-5,8-13H2. The summed E-state index contributed by atoms with van der Waals surface area (Å²) >= 11 is 0. The van der Waals surface area contributed by atoms with Crippen molar-refractivity contribution in [3.05, 3.63) is 35.6 Å². The Balaban J connectivity index is 1.28. The van der Waals surface area contributed by atoms with E-state index in [0.717, 1.165) is 57.0 Å². The van der Waals surface area contributed by atoms with Gasteiger partial charge in [0.1, 0.15) is 11.9 Å². The van der Waals surface area contributed by atoms with Gasteiger partial charge in [-0.3, -0.25) is 15.1 Å². The quantitative estimate of drug-likeness (QED) is 0.868. The highest BCUT2D eigenvalue weighted by Gasteiger charge is 2.40. The highest BCUT2D eigenvalue weighted by molar-refractivity contribution is 5.82. The summed E-state index contributed by atoms with van der Waals surface area (Å²) in [5.41, 5.74) is 7.64. The van der Waals surface area contributed by atoms with Gasteiger partial charge in [-0.15, -0.1) is 0 Å². The lowest BCUT2D eigenvalue weighted by Gasteiger charge is -2.24. The van der Waals surface area contributed by atoms with Crippen LogP contribution in [0.1, 0.15) is 31.2 Å². The van der Waals surface area contributed by atoms with Crippen molar-refractivity contribution in [1.82, 2.24) is 20.7 Å². The first-order valence-corrected chi connectivity index (χ1v) is 9.46. The van der Waals surface area contributed by atoms with Crippen LogP contribution in [0.15, 0.2) is 24.3 Å². The Kier molecular flexibility index (Phi) is 5.01. The first-order chi connectivity index (χ1) is 12.2. The molecule has 3 fully saturated rings. The minimum atomic E-state index is -0.196. The number of hydrogen-bond acceptors (Lipinski definition) is 4. The van der Waals surface area contributed by atoms with Crippen LogP contribution in [0.3, 0.4) is 0 Å². The molecule has 2 aliphatic heterocycles. The van der Waals surface area contributed by atoms with E-state index in [1.807, 2.05) is 17.0 Å². The number of rotatable bonds is 4. The summed E-state index contributed by atoms with van der Waals surface area (Å²) in [4.78, 5) is 17.2. The Morgan fingerprint density at radius 2 is 1.88 bits per heavy atom. The van der Waals surface area contributed by atoms with Crippen molar-refractivity contribution in [1.29, 1.82) is 0 Å². The van der Waals surface area contributed by atoms with Gasteiger partial charge in [0, 0.05) is 38.8 Å². The van der Waals surface area contributed by atoms with Gasteiger partial charge in [0.25, 0.3) is 0 Å². The lowest BCUT2D eigenvalue weighted by Crippen LogP contribution is -2.47. The Hall–Kier alpha value is -1.50. The van der Waals surface area contributed by atoms with Gasteiger partial charge in [-0.2, -0.15) is 0 Å². The molecule has 2 heterocycles. The van der Waals surface area contributed by atoms with E-state index in [9.17, 15) is 9.18 Å². The molecule has 3 aliphatic rings. The van der Waals surface area contributed by atoms with E-state index < -0.39 is 0 Å². The maximum absolute atomic E-state index is 13.0. The van der Waals surface area contributed by atoms with Crippen molar-refractivity contribution in [2.75, 3.05) is 26.2 Å². The van der Waals surface area contributed by atoms with Crippen molar-refractivity contribution in [3.63, 3.8) is 0 Å². The van der Waals surface area contributed by atoms with Crippen LogP contribution in [0.5, 0.6) is 0 Å². The molecule has 5 nitrogen and oxygen atoms in total. The normalized spacial score (nSPS) is 28.1. The topological polar surface area (TPSA) is 47.6 Å². The largest absolute Gasteiger partial charge is 0.340 e. The number of nitrogens with zero attached hydrogens (tertiary/aromatic N) is 2. The number of halogens is 1. The molecule has 4 rings (SSSR count). The number of amides is 1. The fourth-order valence-corrected chi connectivity index (χ4v) is 3.97. The molecule has 1 aliphatic carbocycles. The summed E-state index contributed by atoms with van der Waals surface area (Å²) in [6.45, 7) is 4.25. The summed E-state index contributed by atoms with van der Waals surface area (Å²) in [5.74, 6) is 0.804. The lowest BCUT2D eigenvalue weighted by atomic mass is 10.1. The maximum atomic E-state index is 13.0. The van der Waals surface area contributed by atoms with Gasteiger partial charge in [-0.1, -0.05) is 12.1 Å². The maximum Gasteiger partial charge on any atom is 0.241 e. The predicted octanol–water partition coefficient (Wildman–Crippen LogP) is 1.51. The van der Waals surface area contributed by atoms with E-state index in [2.05, 4.69) is 15.8 Å². The minimum Gasteiger partial charge on any atom is -0.340 e. The van der Waals surface area contributed by atoms with Gasteiger partial charge in [0.05, 0.1) is 0 Å². The van der Waals surface area contributed by atoms with E-state index in [0.29, 0.717) is 6.04 Å². The average Bonchev–Trinajstić information content (AvgIpc) is 3.39. The monoisotopic (exact) mass is 346 g/mol. The lowest BCUT2D eigenvalue weighted by molar-refractivity contribution is -0.133. The van der Waals surface area contributed by atoms with Crippen LogP contribution in [0, 0.1) is 11.7 Å². The van der Waals surface area contributed by atoms with Crippen molar-refractivity contribution in [2.24, 2.45) is 5.92 Å². The van der Waals surface area contributed by atoms with E-state index in [1.165, 1.54) is 25.0 Å².